The summed E-state index contributed by atoms with van der Waals surface area (Å²) in [6.07, 6.45) is 1.61. The maximum absolute atomic E-state index is 12.0. The highest BCUT2D eigenvalue weighted by Gasteiger charge is 2.17. The lowest BCUT2D eigenvalue weighted by molar-refractivity contribution is 0.217. The Bertz CT molecular complexity index is 459. The Morgan fingerprint density at radius 2 is 2.00 bits per heavy atom. The fraction of sp³-hybridized carbons (Fsp3) is 0.417. The molecule has 2 amide bonds. The summed E-state index contributed by atoms with van der Waals surface area (Å²) in [5.74, 6) is 1.96. The predicted molar refractivity (Wildman–Crippen MR) is 76.7 cm³/mol. The normalized spacial score (nSPS) is 17.3. The fourth-order valence-corrected chi connectivity index (χ4v) is 3.38. The molecule has 0 aromatic heterocycles. The molecule has 0 radical (unpaired) electrons. The van der Waals surface area contributed by atoms with Crippen molar-refractivity contribution in [2.75, 3.05) is 36.2 Å². The van der Waals surface area contributed by atoms with E-state index in [-0.39, 0.29) is 6.03 Å². The molecule has 1 fully saturated rings. The van der Waals surface area contributed by atoms with Crippen LogP contribution in [0.25, 0.3) is 0 Å². The van der Waals surface area contributed by atoms with E-state index < -0.39 is 10.8 Å². The van der Waals surface area contributed by atoms with Crippen molar-refractivity contribution < 1.29 is 9.00 Å². The van der Waals surface area contributed by atoms with Gasteiger partial charge in [-0.25, -0.2) is 4.79 Å². The molecule has 1 unspecified atom stereocenters. The number of anilines is 1. The average molecular weight is 284 g/mol. The number of amides is 2. The van der Waals surface area contributed by atoms with Gasteiger partial charge in [0.15, 0.2) is 0 Å². The second-order valence-corrected chi connectivity index (χ2v) is 6.55. The van der Waals surface area contributed by atoms with Crippen LogP contribution in [0.5, 0.6) is 0 Å². The molecule has 1 aromatic carbocycles. The largest absolute Gasteiger partial charge is 0.323 e. The number of nitrogens with zero attached hydrogens (tertiary/aromatic N) is 1. The Kier molecular flexibility index (Phi) is 4.66. The third kappa shape index (κ3) is 3.26. The number of carbonyl (C=O) groups is 1. The highest BCUT2D eigenvalue weighted by atomic mass is 32.2. The van der Waals surface area contributed by atoms with Crippen molar-refractivity contribution in [1.82, 2.24) is 4.90 Å². The smallest absolute Gasteiger partial charge is 0.321 e. The van der Waals surface area contributed by atoms with Gasteiger partial charge >= 0.3 is 6.03 Å². The van der Waals surface area contributed by atoms with Crippen molar-refractivity contribution >= 4 is 34.3 Å². The van der Waals surface area contributed by atoms with Crippen LogP contribution in [0.1, 0.15) is 0 Å². The average Bonchev–Trinajstić information content (AvgIpc) is 2.40. The third-order valence-electron chi connectivity index (χ3n) is 2.74. The summed E-state index contributed by atoms with van der Waals surface area (Å²) >= 11 is 1.86. The first-order valence-corrected chi connectivity index (χ1v) is 8.46. The lowest BCUT2D eigenvalue weighted by atomic mass is 10.3. The molecule has 0 spiro atoms. The summed E-state index contributed by atoms with van der Waals surface area (Å²) in [6.45, 7) is 1.54. The van der Waals surface area contributed by atoms with E-state index in [1.807, 2.05) is 23.9 Å². The van der Waals surface area contributed by atoms with Crippen LogP contribution in [0.3, 0.4) is 0 Å². The summed E-state index contributed by atoms with van der Waals surface area (Å²) in [4.78, 5) is 14.5. The lowest BCUT2D eigenvalue weighted by Crippen LogP contribution is -2.40. The van der Waals surface area contributed by atoms with Crippen LogP contribution in [0.2, 0.25) is 0 Å². The Morgan fingerprint density at radius 3 is 2.67 bits per heavy atom. The molecular formula is C12H16N2O2S2. The molecule has 98 valence electrons. The second kappa shape index (κ2) is 6.24. The maximum atomic E-state index is 12.0. The van der Waals surface area contributed by atoms with E-state index in [9.17, 15) is 9.00 Å². The zero-order chi connectivity index (χ0) is 13.0. The first-order chi connectivity index (χ1) is 8.68. The minimum atomic E-state index is -1.10. The molecule has 0 bridgehead atoms. The second-order valence-electron chi connectivity index (χ2n) is 3.98. The molecule has 1 atom stereocenters. The van der Waals surface area contributed by atoms with Gasteiger partial charge in [0.25, 0.3) is 0 Å². The molecule has 1 aliphatic heterocycles. The number of thioether (sulfide) groups is 1. The van der Waals surface area contributed by atoms with E-state index in [0.29, 0.717) is 10.6 Å². The van der Waals surface area contributed by atoms with Crippen molar-refractivity contribution in [1.29, 1.82) is 0 Å². The first-order valence-electron chi connectivity index (χ1n) is 5.74. The van der Waals surface area contributed by atoms with Gasteiger partial charge in [0.2, 0.25) is 0 Å². The lowest BCUT2D eigenvalue weighted by Gasteiger charge is -2.26. The van der Waals surface area contributed by atoms with Gasteiger partial charge in [0.1, 0.15) is 0 Å². The van der Waals surface area contributed by atoms with E-state index in [0.717, 1.165) is 24.6 Å². The molecule has 0 saturated carbocycles. The van der Waals surface area contributed by atoms with Crippen LogP contribution in [-0.4, -0.2) is 46.0 Å². The number of urea groups is 1. The number of hydrogen-bond acceptors (Lipinski definition) is 3. The zero-order valence-electron chi connectivity index (χ0n) is 10.2. The van der Waals surface area contributed by atoms with Gasteiger partial charge in [0, 0.05) is 30.9 Å². The SMILES string of the molecule is CS(=O)c1ccccc1NC(=O)N1CCSCC1. The van der Waals surface area contributed by atoms with Crippen molar-refractivity contribution in [2.45, 2.75) is 4.90 Å². The Morgan fingerprint density at radius 1 is 1.33 bits per heavy atom. The molecule has 1 N–H and O–H groups in total. The van der Waals surface area contributed by atoms with Gasteiger partial charge < -0.3 is 10.2 Å². The Balaban J connectivity index is 2.08. The van der Waals surface area contributed by atoms with E-state index >= 15 is 0 Å². The van der Waals surface area contributed by atoms with Crippen LogP contribution < -0.4 is 5.32 Å². The maximum Gasteiger partial charge on any atom is 0.321 e. The van der Waals surface area contributed by atoms with Gasteiger partial charge in [-0.1, -0.05) is 12.1 Å². The van der Waals surface area contributed by atoms with Gasteiger partial charge in [-0.15, -0.1) is 0 Å². The van der Waals surface area contributed by atoms with E-state index in [1.165, 1.54) is 0 Å². The topological polar surface area (TPSA) is 49.4 Å². The molecule has 4 nitrogen and oxygen atoms in total. The Hall–Kier alpha value is -1.01. The van der Waals surface area contributed by atoms with Crippen LogP contribution >= 0.6 is 11.8 Å². The summed E-state index contributed by atoms with van der Waals surface area (Å²) in [6, 6.07) is 7.11. The van der Waals surface area contributed by atoms with Crippen LogP contribution in [0.4, 0.5) is 10.5 Å². The number of rotatable bonds is 2. The molecule has 0 aliphatic carbocycles. The standard InChI is InChI=1S/C12H16N2O2S2/c1-18(16)11-5-3-2-4-10(11)13-12(15)14-6-8-17-9-7-14/h2-5H,6-9H2,1H3,(H,13,15). The number of benzene rings is 1. The zero-order valence-corrected chi connectivity index (χ0v) is 11.9. The first kappa shape index (κ1) is 13.4. The molecule has 1 saturated heterocycles. The van der Waals surface area contributed by atoms with E-state index in [4.69, 9.17) is 0 Å². The van der Waals surface area contributed by atoms with Crippen molar-refractivity contribution in [3.05, 3.63) is 24.3 Å². The minimum absolute atomic E-state index is 0.104. The van der Waals surface area contributed by atoms with E-state index in [1.54, 1.807) is 23.3 Å². The fourth-order valence-electron chi connectivity index (χ4n) is 1.78. The van der Waals surface area contributed by atoms with Gasteiger partial charge in [0.05, 0.1) is 21.4 Å². The quantitative estimate of drug-likeness (QED) is 0.903. The van der Waals surface area contributed by atoms with Gasteiger partial charge in [-0.3, -0.25) is 4.21 Å². The third-order valence-corrected chi connectivity index (χ3v) is 4.65. The number of para-hydroxylation sites is 1. The van der Waals surface area contributed by atoms with Gasteiger partial charge in [-0.05, 0) is 12.1 Å². The highest BCUT2D eigenvalue weighted by Crippen LogP contribution is 2.19. The highest BCUT2D eigenvalue weighted by molar-refractivity contribution is 7.99. The van der Waals surface area contributed by atoms with Crippen molar-refractivity contribution in [3.8, 4) is 0 Å². The molecule has 1 aliphatic rings. The molecule has 18 heavy (non-hydrogen) atoms. The van der Waals surface area contributed by atoms with Crippen molar-refractivity contribution in [2.24, 2.45) is 0 Å². The summed E-state index contributed by atoms with van der Waals surface area (Å²) in [7, 11) is -1.10. The summed E-state index contributed by atoms with van der Waals surface area (Å²) in [5, 5.41) is 2.85. The Labute approximate surface area is 114 Å². The molecule has 1 aromatic rings. The summed E-state index contributed by atoms with van der Waals surface area (Å²) in [5.41, 5.74) is 0.640. The van der Waals surface area contributed by atoms with Crippen LogP contribution in [0.15, 0.2) is 29.2 Å². The molecular weight excluding hydrogens is 268 g/mol. The number of hydrogen-bond donors (Lipinski definition) is 1. The molecule has 2 rings (SSSR count). The van der Waals surface area contributed by atoms with Crippen molar-refractivity contribution in [3.63, 3.8) is 0 Å². The molecule has 1 heterocycles. The minimum Gasteiger partial charge on any atom is -0.323 e. The predicted octanol–water partition coefficient (Wildman–Crippen LogP) is 2.00. The van der Waals surface area contributed by atoms with E-state index in [2.05, 4.69) is 5.32 Å². The number of nitrogens with one attached hydrogen (secondary N) is 1. The van der Waals surface area contributed by atoms with Crippen LogP contribution in [0, 0.1) is 0 Å². The monoisotopic (exact) mass is 284 g/mol. The van der Waals surface area contributed by atoms with Gasteiger partial charge in [-0.2, -0.15) is 11.8 Å². The van der Waals surface area contributed by atoms with Crippen LogP contribution in [-0.2, 0) is 10.8 Å². The summed E-state index contributed by atoms with van der Waals surface area (Å²) < 4.78 is 11.6. The number of carbonyl (C=O) groups excluding carboxylic acids is 1. The molecule has 6 heteroatoms.